The van der Waals surface area contributed by atoms with E-state index in [4.69, 9.17) is 0 Å². The van der Waals surface area contributed by atoms with Gasteiger partial charge in [-0.25, -0.2) is 8.42 Å². The van der Waals surface area contributed by atoms with Crippen LogP contribution in [0.3, 0.4) is 0 Å². The summed E-state index contributed by atoms with van der Waals surface area (Å²) in [6, 6.07) is 13.8. The van der Waals surface area contributed by atoms with Gasteiger partial charge in [-0.05, 0) is 38.0 Å². The highest BCUT2D eigenvalue weighted by Crippen LogP contribution is 2.23. The van der Waals surface area contributed by atoms with Gasteiger partial charge in [-0.2, -0.15) is 0 Å². The summed E-state index contributed by atoms with van der Waals surface area (Å²) in [6.07, 6.45) is 0. The molecule has 3 nitrogen and oxygen atoms in total. The van der Waals surface area contributed by atoms with Crippen molar-refractivity contribution >= 4 is 15.6 Å². The van der Waals surface area contributed by atoms with Crippen LogP contribution in [0.4, 0.5) is 0 Å². The van der Waals surface area contributed by atoms with Gasteiger partial charge in [-0.15, -0.1) is 0 Å². The molecule has 0 aliphatic carbocycles. The van der Waals surface area contributed by atoms with Crippen LogP contribution in [0.25, 0.3) is 0 Å². The number of carbonyl (C=O) groups is 1. The van der Waals surface area contributed by atoms with Gasteiger partial charge < -0.3 is 0 Å². The fourth-order valence-corrected chi connectivity index (χ4v) is 3.85. The van der Waals surface area contributed by atoms with E-state index in [0.29, 0.717) is 11.1 Å². The molecule has 0 amide bonds. The van der Waals surface area contributed by atoms with Gasteiger partial charge >= 0.3 is 0 Å². The van der Waals surface area contributed by atoms with Gasteiger partial charge in [-0.1, -0.05) is 42.5 Å². The quantitative estimate of drug-likeness (QED) is 0.814. The lowest BCUT2D eigenvalue weighted by molar-refractivity contribution is 0.0991. The first-order valence-electron chi connectivity index (χ1n) is 6.74. The fourth-order valence-electron chi connectivity index (χ4n) is 2.18. The molecule has 0 aliphatic heterocycles. The molecule has 1 unspecified atom stereocenters. The average Bonchev–Trinajstić information content (AvgIpc) is 2.49. The molecule has 1 atom stereocenters. The molecule has 4 heteroatoms. The van der Waals surface area contributed by atoms with Crippen molar-refractivity contribution in [3.63, 3.8) is 0 Å². The third-order valence-electron chi connectivity index (χ3n) is 3.54. The minimum Gasteiger partial charge on any atom is -0.293 e. The normalized spacial score (nSPS) is 12.9. The van der Waals surface area contributed by atoms with E-state index in [1.54, 1.807) is 49.4 Å². The number of benzene rings is 2. The first-order chi connectivity index (χ1) is 9.84. The van der Waals surface area contributed by atoms with E-state index in [1.807, 2.05) is 13.0 Å². The molecule has 110 valence electrons. The van der Waals surface area contributed by atoms with Crippen molar-refractivity contribution in [2.45, 2.75) is 30.9 Å². The highest BCUT2D eigenvalue weighted by atomic mass is 32.2. The molecular formula is C17H18O3S. The van der Waals surface area contributed by atoms with Crippen molar-refractivity contribution in [1.82, 2.24) is 0 Å². The van der Waals surface area contributed by atoms with Crippen LogP contribution in [0.1, 0.15) is 28.4 Å². The summed E-state index contributed by atoms with van der Waals surface area (Å²) >= 11 is 0. The van der Waals surface area contributed by atoms with E-state index < -0.39 is 15.1 Å². The molecule has 0 bridgehead atoms. The summed E-state index contributed by atoms with van der Waals surface area (Å²) in [5.74, 6) is -0.378. The third kappa shape index (κ3) is 3.05. The number of hydrogen-bond acceptors (Lipinski definition) is 3. The molecule has 21 heavy (non-hydrogen) atoms. The van der Waals surface area contributed by atoms with Crippen LogP contribution < -0.4 is 0 Å². The molecule has 0 saturated carbocycles. The topological polar surface area (TPSA) is 51.2 Å². The number of Topliss-reactive ketones (excluding diaryl/α,β-unsaturated/α-hetero) is 1. The zero-order valence-corrected chi connectivity index (χ0v) is 13.1. The molecule has 0 aliphatic rings. The Kier molecular flexibility index (Phi) is 4.28. The van der Waals surface area contributed by atoms with Gasteiger partial charge in [0.05, 0.1) is 4.90 Å². The van der Waals surface area contributed by atoms with Gasteiger partial charge in [-0.3, -0.25) is 4.79 Å². The van der Waals surface area contributed by atoms with E-state index in [0.717, 1.165) is 5.56 Å². The Bertz CT molecular complexity index is 762. The van der Waals surface area contributed by atoms with E-state index >= 15 is 0 Å². The van der Waals surface area contributed by atoms with Crippen molar-refractivity contribution < 1.29 is 13.2 Å². The number of hydrogen-bond donors (Lipinski definition) is 0. The van der Waals surface area contributed by atoms with Gasteiger partial charge in [0.2, 0.25) is 0 Å². The van der Waals surface area contributed by atoms with Crippen LogP contribution in [0, 0.1) is 13.8 Å². The van der Waals surface area contributed by atoms with Crippen LogP contribution in [0.5, 0.6) is 0 Å². The van der Waals surface area contributed by atoms with Crippen molar-refractivity contribution in [3.8, 4) is 0 Å². The maximum Gasteiger partial charge on any atom is 0.188 e. The largest absolute Gasteiger partial charge is 0.293 e. The Morgan fingerprint density at radius 3 is 2.24 bits per heavy atom. The van der Waals surface area contributed by atoms with Crippen LogP contribution in [-0.2, 0) is 9.84 Å². The summed E-state index contributed by atoms with van der Waals surface area (Å²) in [5.41, 5.74) is 1.94. The molecule has 0 N–H and O–H groups in total. The van der Waals surface area contributed by atoms with E-state index in [2.05, 4.69) is 0 Å². The minimum absolute atomic E-state index is 0.235. The van der Waals surface area contributed by atoms with E-state index in [9.17, 15) is 13.2 Å². The van der Waals surface area contributed by atoms with Crippen LogP contribution in [0.15, 0.2) is 53.4 Å². The summed E-state index contributed by atoms with van der Waals surface area (Å²) in [4.78, 5) is 12.6. The zero-order chi connectivity index (χ0) is 15.6. The number of sulfone groups is 1. The second kappa shape index (κ2) is 5.82. The molecule has 2 aromatic carbocycles. The molecule has 0 radical (unpaired) electrons. The fraction of sp³-hybridized carbons (Fsp3) is 0.235. The van der Waals surface area contributed by atoms with Crippen LogP contribution in [0.2, 0.25) is 0 Å². The van der Waals surface area contributed by atoms with E-state index in [1.165, 1.54) is 6.92 Å². The Hall–Kier alpha value is -1.94. The van der Waals surface area contributed by atoms with Crippen molar-refractivity contribution in [2.24, 2.45) is 0 Å². The number of aryl methyl sites for hydroxylation is 2. The Labute approximate surface area is 125 Å². The lowest BCUT2D eigenvalue weighted by Crippen LogP contribution is -2.28. The molecule has 2 rings (SSSR count). The first kappa shape index (κ1) is 15.4. The Morgan fingerprint density at radius 2 is 1.62 bits per heavy atom. The van der Waals surface area contributed by atoms with Crippen molar-refractivity contribution in [2.75, 3.05) is 0 Å². The molecule has 0 fully saturated rings. The van der Waals surface area contributed by atoms with E-state index in [-0.39, 0.29) is 10.7 Å². The van der Waals surface area contributed by atoms with Gasteiger partial charge in [0.1, 0.15) is 5.25 Å². The molecule has 0 aromatic heterocycles. The molecule has 2 aromatic rings. The molecule has 0 spiro atoms. The maximum absolute atomic E-state index is 12.7. The van der Waals surface area contributed by atoms with Crippen LogP contribution >= 0.6 is 0 Å². The lowest BCUT2D eigenvalue weighted by Gasteiger charge is -2.14. The second-order valence-electron chi connectivity index (χ2n) is 5.19. The Balaban J connectivity index is 2.44. The highest BCUT2D eigenvalue weighted by molar-refractivity contribution is 7.92. The van der Waals surface area contributed by atoms with Crippen LogP contribution in [-0.4, -0.2) is 19.5 Å². The smallest absolute Gasteiger partial charge is 0.188 e. The van der Waals surface area contributed by atoms with Gasteiger partial charge in [0.25, 0.3) is 0 Å². The highest BCUT2D eigenvalue weighted by Gasteiger charge is 2.31. The SMILES string of the molecule is Cc1ccc(C)c(S(=O)(=O)C(C)C(=O)c2ccccc2)c1. The third-order valence-corrected chi connectivity index (χ3v) is 5.74. The molecule has 0 heterocycles. The minimum atomic E-state index is -3.69. The van der Waals surface area contributed by atoms with Crippen molar-refractivity contribution in [1.29, 1.82) is 0 Å². The predicted molar refractivity (Wildman–Crippen MR) is 83.3 cm³/mol. The standard InChI is InChI=1S/C17H18O3S/c1-12-9-10-13(2)16(11-12)21(19,20)14(3)17(18)15-7-5-4-6-8-15/h4-11,14H,1-3H3. The summed E-state index contributed by atoms with van der Waals surface area (Å²) < 4.78 is 25.4. The summed E-state index contributed by atoms with van der Waals surface area (Å²) in [5, 5.41) is -1.10. The number of rotatable bonds is 4. The maximum atomic E-state index is 12.7. The monoisotopic (exact) mass is 302 g/mol. The molecular weight excluding hydrogens is 284 g/mol. The summed E-state index contributed by atoms with van der Waals surface area (Å²) in [7, 11) is -3.69. The first-order valence-corrected chi connectivity index (χ1v) is 8.29. The lowest BCUT2D eigenvalue weighted by atomic mass is 10.1. The zero-order valence-electron chi connectivity index (χ0n) is 12.3. The Morgan fingerprint density at radius 1 is 1.00 bits per heavy atom. The summed E-state index contributed by atoms with van der Waals surface area (Å²) in [6.45, 7) is 5.03. The predicted octanol–water partition coefficient (Wildman–Crippen LogP) is 3.35. The molecule has 0 saturated heterocycles. The number of carbonyl (C=O) groups excluding carboxylic acids is 1. The number of ketones is 1. The second-order valence-corrected chi connectivity index (χ2v) is 7.42. The van der Waals surface area contributed by atoms with Gasteiger partial charge in [0, 0.05) is 5.56 Å². The average molecular weight is 302 g/mol. The van der Waals surface area contributed by atoms with Gasteiger partial charge in [0.15, 0.2) is 15.6 Å². The van der Waals surface area contributed by atoms with Crippen molar-refractivity contribution in [3.05, 3.63) is 65.2 Å².